The lowest BCUT2D eigenvalue weighted by Gasteiger charge is -2.11. The lowest BCUT2D eigenvalue weighted by Crippen LogP contribution is -2.12. The SMILES string of the molecule is CCCCOCCOc1cc(F)ccc1CC(=O)OCC. The molecule has 1 rings (SSSR count). The molecule has 0 radical (unpaired) electrons. The van der Waals surface area contributed by atoms with Gasteiger partial charge in [0.15, 0.2) is 0 Å². The third-order valence-electron chi connectivity index (χ3n) is 2.80. The largest absolute Gasteiger partial charge is 0.491 e. The van der Waals surface area contributed by atoms with Gasteiger partial charge >= 0.3 is 5.97 Å². The molecule has 0 spiro atoms. The van der Waals surface area contributed by atoms with Gasteiger partial charge in [-0.3, -0.25) is 4.79 Å². The summed E-state index contributed by atoms with van der Waals surface area (Å²) in [6.45, 7) is 5.61. The van der Waals surface area contributed by atoms with Crippen molar-refractivity contribution in [2.24, 2.45) is 0 Å². The average Bonchev–Trinajstić information content (AvgIpc) is 2.45. The molecule has 0 N–H and O–H groups in total. The van der Waals surface area contributed by atoms with E-state index in [1.165, 1.54) is 12.1 Å². The van der Waals surface area contributed by atoms with E-state index in [-0.39, 0.29) is 12.4 Å². The maximum Gasteiger partial charge on any atom is 0.310 e. The van der Waals surface area contributed by atoms with Gasteiger partial charge in [0.2, 0.25) is 0 Å². The zero-order valence-electron chi connectivity index (χ0n) is 12.7. The molecule has 0 aliphatic rings. The van der Waals surface area contributed by atoms with Crippen LogP contribution in [0.3, 0.4) is 0 Å². The number of carbonyl (C=O) groups excluding carboxylic acids is 1. The van der Waals surface area contributed by atoms with Gasteiger partial charge in [-0.15, -0.1) is 0 Å². The van der Waals surface area contributed by atoms with E-state index in [2.05, 4.69) is 6.92 Å². The second-order valence-electron chi connectivity index (χ2n) is 4.55. The molecule has 0 fully saturated rings. The first-order valence-corrected chi connectivity index (χ1v) is 7.32. The van der Waals surface area contributed by atoms with Crippen LogP contribution in [-0.2, 0) is 20.7 Å². The van der Waals surface area contributed by atoms with Crippen LogP contribution in [0.4, 0.5) is 4.39 Å². The Kier molecular flexibility index (Phi) is 8.43. The number of ether oxygens (including phenoxy) is 3. The molecule has 0 heterocycles. The summed E-state index contributed by atoms with van der Waals surface area (Å²) in [5, 5.41) is 0. The van der Waals surface area contributed by atoms with E-state index in [1.807, 2.05) is 0 Å². The number of unbranched alkanes of at least 4 members (excludes halogenated alkanes) is 1. The standard InChI is InChI=1S/C16H23FO4/c1-3-5-8-19-9-10-21-15-12-14(17)7-6-13(15)11-16(18)20-4-2/h6-7,12H,3-5,8-11H2,1-2H3. The molecule has 118 valence electrons. The van der Waals surface area contributed by atoms with Crippen molar-refractivity contribution in [3.63, 3.8) is 0 Å². The summed E-state index contributed by atoms with van der Waals surface area (Å²) in [6.07, 6.45) is 2.16. The third-order valence-corrected chi connectivity index (χ3v) is 2.80. The van der Waals surface area contributed by atoms with Crippen molar-refractivity contribution in [2.75, 3.05) is 26.4 Å². The summed E-state index contributed by atoms with van der Waals surface area (Å²) in [5.74, 6) is -0.389. The lowest BCUT2D eigenvalue weighted by atomic mass is 10.1. The van der Waals surface area contributed by atoms with E-state index in [0.29, 0.717) is 37.7 Å². The van der Waals surface area contributed by atoms with Crippen LogP contribution in [0.5, 0.6) is 5.75 Å². The second kappa shape index (κ2) is 10.2. The van der Waals surface area contributed by atoms with Crippen molar-refractivity contribution >= 4 is 5.97 Å². The molecule has 0 unspecified atom stereocenters. The average molecular weight is 298 g/mol. The molecule has 1 aromatic carbocycles. The Morgan fingerprint density at radius 3 is 2.71 bits per heavy atom. The van der Waals surface area contributed by atoms with Gasteiger partial charge in [-0.25, -0.2) is 4.39 Å². The predicted octanol–water partition coefficient (Wildman–Crippen LogP) is 3.13. The van der Waals surface area contributed by atoms with Gasteiger partial charge < -0.3 is 14.2 Å². The first-order valence-electron chi connectivity index (χ1n) is 7.32. The summed E-state index contributed by atoms with van der Waals surface area (Å²) >= 11 is 0. The van der Waals surface area contributed by atoms with Crippen LogP contribution < -0.4 is 4.74 Å². The van der Waals surface area contributed by atoms with E-state index in [1.54, 1.807) is 13.0 Å². The summed E-state index contributed by atoms with van der Waals surface area (Å²) in [4.78, 5) is 11.5. The molecule has 0 saturated heterocycles. The highest BCUT2D eigenvalue weighted by Crippen LogP contribution is 2.21. The van der Waals surface area contributed by atoms with Crippen molar-refractivity contribution in [3.05, 3.63) is 29.6 Å². The molecule has 21 heavy (non-hydrogen) atoms. The number of halogens is 1. The summed E-state index contributed by atoms with van der Waals surface area (Å²) in [5.41, 5.74) is 0.614. The Morgan fingerprint density at radius 1 is 1.19 bits per heavy atom. The van der Waals surface area contributed by atoms with E-state index >= 15 is 0 Å². The molecule has 0 saturated carbocycles. The quantitative estimate of drug-likeness (QED) is 0.492. The molecule has 1 aromatic rings. The van der Waals surface area contributed by atoms with Crippen LogP contribution in [0, 0.1) is 5.82 Å². The number of hydrogen-bond donors (Lipinski definition) is 0. The van der Waals surface area contributed by atoms with Crippen molar-refractivity contribution in [1.82, 2.24) is 0 Å². The van der Waals surface area contributed by atoms with Crippen LogP contribution in [0.1, 0.15) is 32.3 Å². The normalized spacial score (nSPS) is 10.4. The molecule has 0 atom stereocenters. The fourth-order valence-corrected chi connectivity index (χ4v) is 1.74. The highest BCUT2D eigenvalue weighted by molar-refractivity contribution is 5.73. The van der Waals surface area contributed by atoms with Gasteiger partial charge in [-0.2, -0.15) is 0 Å². The van der Waals surface area contributed by atoms with Crippen LogP contribution in [-0.4, -0.2) is 32.4 Å². The maximum absolute atomic E-state index is 13.3. The van der Waals surface area contributed by atoms with E-state index < -0.39 is 5.82 Å². The number of hydrogen-bond acceptors (Lipinski definition) is 4. The molecule has 0 amide bonds. The Labute approximate surface area is 125 Å². The van der Waals surface area contributed by atoms with Crippen molar-refractivity contribution in [3.8, 4) is 5.75 Å². The summed E-state index contributed by atoms with van der Waals surface area (Å²) in [6, 6.07) is 4.12. The molecule has 4 nitrogen and oxygen atoms in total. The number of rotatable bonds is 10. The predicted molar refractivity (Wildman–Crippen MR) is 78.0 cm³/mol. The van der Waals surface area contributed by atoms with Crippen LogP contribution in [0.15, 0.2) is 18.2 Å². The Bertz CT molecular complexity index is 434. The van der Waals surface area contributed by atoms with Gasteiger partial charge in [-0.05, 0) is 19.4 Å². The highest BCUT2D eigenvalue weighted by atomic mass is 19.1. The number of esters is 1. The van der Waals surface area contributed by atoms with Crippen LogP contribution in [0.2, 0.25) is 0 Å². The number of carbonyl (C=O) groups is 1. The minimum Gasteiger partial charge on any atom is -0.491 e. The third kappa shape index (κ3) is 7.09. The van der Waals surface area contributed by atoms with Gasteiger partial charge in [0.25, 0.3) is 0 Å². The minimum absolute atomic E-state index is 0.0696. The first-order chi connectivity index (χ1) is 10.2. The molecule has 0 aliphatic heterocycles. The molecule has 5 heteroatoms. The van der Waals surface area contributed by atoms with Crippen molar-refractivity contribution in [1.29, 1.82) is 0 Å². The Morgan fingerprint density at radius 2 is 2.00 bits per heavy atom. The zero-order chi connectivity index (χ0) is 15.5. The molecule has 0 bridgehead atoms. The van der Waals surface area contributed by atoms with Gasteiger partial charge in [0.05, 0.1) is 19.6 Å². The fourth-order valence-electron chi connectivity index (χ4n) is 1.74. The Hall–Kier alpha value is -1.62. The van der Waals surface area contributed by atoms with Gasteiger partial charge in [0, 0.05) is 18.2 Å². The number of benzene rings is 1. The van der Waals surface area contributed by atoms with Gasteiger partial charge in [-0.1, -0.05) is 19.4 Å². The van der Waals surface area contributed by atoms with Crippen molar-refractivity contribution < 1.29 is 23.4 Å². The smallest absolute Gasteiger partial charge is 0.310 e. The molecular formula is C16H23FO4. The Balaban J connectivity index is 2.50. The molecular weight excluding hydrogens is 275 g/mol. The van der Waals surface area contributed by atoms with E-state index in [0.717, 1.165) is 12.8 Å². The monoisotopic (exact) mass is 298 g/mol. The van der Waals surface area contributed by atoms with Gasteiger partial charge in [0.1, 0.15) is 18.2 Å². The fraction of sp³-hybridized carbons (Fsp3) is 0.562. The van der Waals surface area contributed by atoms with E-state index in [4.69, 9.17) is 14.2 Å². The summed E-state index contributed by atoms with van der Waals surface area (Å²) in [7, 11) is 0. The van der Waals surface area contributed by atoms with E-state index in [9.17, 15) is 9.18 Å². The first kappa shape index (κ1) is 17.4. The summed E-state index contributed by atoms with van der Waals surface area (Å²) < 4.78 is 29.0. The molecule has 0 aromatic heterocycles. The minimum atomic E-state index is -0.399. The van der Waals surface area contributed by atoms with Crippen LogP contribution in [0.25, 0.3) is 0 Å². The lowest BCUT2D eigenvalue weighted by molar-refractivity contribution is -0.142. The zero-order valence-corrected chi connectivity index (χ0v) is 12.7. The molecule has 0 aliphatic carbocycles. The topological polar surface area (TPSA) is 44.8 Å². The van der Waals surface area contributed by atoms with Crippen LogP contribution >= 0.6 is 0 Å². The maximum atomic E-state index is 13.3. The second-order valence-corrected chi connectivity index (χ2v) is 4.55. The van der Waals surface area contributed by atoms with Crippen molar-refractivity contribution in [2.45, 2.75) is 33.1 Å². The highest BCUT2D eigenvalue weighted by Gasteiger charge is 2.11.